The van der Waals surface area contributed by atoms with E-state index in [1.165, 1.54) is 26.4 Å². The van der Waals surface area contributed by atoms with Crippen LogP contribution in [0.4, 0.5) is 17.1 Å². The van der Waals surface area contributed by atoms with E-state index in [0.717, 1.165) is 18.2 Å². The molecule has 0 aliphatic heterocycles. The number of nitro benzene ring substituents is 3. The van der Waals surface area contributed by atoms with Crippen molar-refractivity contribution in [1.82, 2.24) is 0 Å². The first kappa shape index (κ1) is 23.4. The van der Waals surface area contributed by atoms with Gasteiger partial charge in [0.05, 0.1) is 52.2 Å². The molecule has 0 aliphatic rings. The summed E-state index contributed by atoms with van der Waals surface area (Å²) in [7, 11) is 2.56. The van der Waals surface area contributed by atoms with E-state index in [1.807, 2.05) is 0 Å². The number of nitro groups is 3. The molecule has 2 aromatic carbocycles. The Morgan fingerprint density at radius 1 is 0.767 bits per heavy atom. The average Bonchev–Trinajstić information content (AvgIpc) is 2.72. The minimum atomic E-state index is -1.46. The van der Waals surface area contributed by atoms with Crippen LogP contribution in [0.25, 0.3) is 0 Å². The number of carbonyl (C=O) groups excluding carboxylic acids is 1. The van der Waals surface area contributed by atoms with E-state index in [0.29, 0.717) is 6.07 Å². The molecule has 2 rings (SSSR count). The largest absolute Gasteiger partial charge is 0.496 e. The predicted molar refractivity (Wildman–Crippen MR) is 97.7 cm³/mol. The molecule has 158 valence electrons. The van der Waals surface area contributed by atoms with Gasteiger partial charge in [0.1, 0.15) is 5.75 Å². The summed E-state index contributed by atoms with van der Waals surface area (Å²) in [5, 5.41) is 39.8. The molecule has 0 unspecified atom stereocenters. The monoisotopic (exact) mass is 423 g/mol. The first-order chi connectivity index (χ1) is 14.0. The molecule has 0 aromatic heterocycles. The number of esters is 1. The van der Waals surface area contributed by atoms with Crippen LogP contribution in [0.5, 0.6) is 5.75 Å². The van der Waals surface area contributed by atoms with Gasteiger partial charge in [-0.2, -0.15) is 0 Å². The predicted octanol–water partition coefficient (Wildman–Crippen LogP) is 2.59. The topological polar surface area (TPSA) is 202 Å². The Hall–Kier alpha value is -4.62. The molecule has 0 bridgehead atoms. The Morgan fingerprint density at radius 2 is 1.20 bits per heavy atom. The van der Waals surface area contributed by atoms with Gasteiger partial charge in [0, 0.05) is 18.2 Å². The zero-order valence-corrected chi connectivity index (χ0v) is 15.3. The zero-order chi connectivity index (χ0) is 23.0. The van der Waals surface area contributed by atoms with E-state index < -0.39 is 43.6 Å². The van der Waals surface area contributed by atoms with Gasteiger partial charge < -0.3 is 14.6 Å². The third kappa shape index (κ3) is 6.22. The first-order valence-electron chi connectivity index (χ1n) is 7.59. The van der Waals surface area contributed by atoms with Gasteiger partial charge >= 0.3 is 11.9 Å². The third-order valence-electron chi connectivity index (χ3n) is 3.33. The molecule has 0 fully saturated rings. The minimum Gasteiger partial charge on any atom is -0.496 e. The number of carbonyl (C=O) groups is 2. The Kier molecular flexibility index (Phi) is 7.86. The van der Waals surface area contributed by atoms with Crippen molar-refractivity contribution in [2.24, 2.45) is 0 Å². The average molecular weight is 423 g/mol. The molecule has 30 heavy (non-hydrogen) atoms. The molecule has 0 heterocycles. The summed E-state index contributed by atoms with van der Waals surface area (Å²) in [5.41, 5.74) is -1.86. The normalized spacial score (nSPS) is 9.53. The number of carboxylic acids is 1. The zero-order valence-electron chi connectivity index (χ0n) is 15.3. The maximum Gasteiger partial charge on any atom is 0.338 e. The summed E-state index contributed by atoms with van der Waals surface area (Å²) < 4.78 is 9.28. The van der Waals surface area contributed by atoms with Crippen molar-refractivity contribution >= 4 is 29.0 Å². The SMILES string of the molecule is COC(=O)c1cc(OC)cc([N+](=O)[O-])c1.O=C(O)c1cc([N+](=O)[O-])cc([N+](=O)[O-])c1. The summed E-state index contributed by atoms with van der Waals surface area (Å²) in [6, 6.07) is 5.96. The van der Waals surface area contributed by atoms with Crippen LogP contribution in [0, 0.1) is 30.3 Å². The maximum absolute atomic E-state index is 11.2. The fourth-order valence-corrected chi connectivity index (χ4v) is 1.97. The van der Waals surface area contributed by atoms with Crippen molar-refractivity contribution in [1.29, 1.82) is 0 Å². The number of ether oxygens (including phenoxy) is 2. The van der Waals surface area contributed by atoms with Crippen molar-refractivity contribution in [2.75, 3.05) is 14.2 Å². The van der Waals surface area contributed by atoms with Crippen LogP contribution in [0.3, 0.4) is 0 Å². The number of hydrogen-bond donors (Lipinski definition) is 1. The lowest BCUT2D eigenvalue weighted by atomic mass is 10.2. The molecule has 0 radical (unpaired) electrons. The highest BCUT2D eigenvalue weighted by atomic mass is 16.6. The smallest absolute Gasteiger partial charge is 0.338 e. The molecule has 0 atom stereocenters. The second-order valence-electron chi connectivity index (χ2n) is 5.23. The molecule has 2 aromatic rings. The summed E-state index contributed by atoms with van der Waals surface area (Å²) in [5.74, 6) is -1.86. The lowest BCUT2D eigenvalue weighted by Crippen LogP contribution is -2.02. The number of non-ortho nitro benzene ring substituents is 3. The Balaban J connectivity index is 0.000000300. The molecule has 0 saturated carbocycles. The van der Waals surface area contributed by atoms with Crippen LogP contribution in [0.15, 0.2) is 36.4 Å². The molecule has 0 spiro atoms. The second kappa shape index (κ2) is 10.1. The Morgan fingerprint density at radius 3 is 1.57 bits per heavy atom. The van der Waals surface area contributed by atoms with Crippen LogP contribution >= 0.6 is 0 Å². The quantitative estimate of drug-likeness (QED) is 0.406. The maximum atomic E-state index is 11.2. The number of nitrogens with zero attached hydrogens (tertiary/aromatic N) is 3. The van der Waals surface area contributed by atoms with E-state index >= 15 is 0 Å². The number of aromatic carboxylic acids is 1. The molecule has 0 amide bonds. The molecule has 0 saturated heterocycles. The van der Waals surface area contributed by atoms with E-state index in [4.69, 9.17) is 9.84 Å². The van der Waals surface area contributed by atoms with Crippen molar-refractivity contribution in [3.8, 4) is 5.75 Å². The molecule has 14 nitrogen and oxygen atoms in total. The van der Waals surface area contributed by atoms with E-state index in [1.54, 1.807) is 0 Å². The highest BCUT2D eigenvalue weighted by Crippen LogP contribution is 2.23. The van der Waals surface area contributed by atoms with Crippen LogP contribution < -0.4 is 4.74 Å². The molecule has 14 heteroatoms. The van der Waals surface area contributed by atoms with Crippen LogP contribution in [-0.2, 0) is 4.74 Å². The molecular weight excluding hydrogens is 410 g/mol. The van der Waals surface area contributed by atoms with Gasteiger partial charge in [-0.05, 0) is 6.07 Å². The van der Waals surface area contributed by atoms with Crippen molar-refractivity contribution in [3.63, 3.8) is 0 Å². The third-order valence-corrected chi connectivity index (χ3v) is 3.33. The van der Waals surface area contributed by atoms with Gasteiger partial charge in [-0.3, -0.25) is 30.3 Å². The number of hydrogen-bond acceptors (Lipinski definition) is 10. The number of methoxy groups -OCH3 is 2. The summed E-state index contributed by atoms with van der Waals surface area (Å²) in [6.45, 7) is 0. The van der Waals surface area contributed by atoms with Gasteiger partial charge in [-0.15, -0.1) is 0 Å². The highest BCUT2D eigenvalue weighted by molar-refractivity contribution is 5.90. The van der Waals surface area contributed by atoms with Crippen molar-refractivity contribution in [2.45, 2.75) is 0 Å². The summed E-state index contributed by atoms with van der Waals surface area (Å²) in [6.07, 6.45) is 0. The van der Waals surface area contributed by atoms with E-state index in [-0.39, 0.29) is 17.0 Å². The van der Waals surface area contributed by atoms with Gasteiger partial charge in [-0.25, -0.2) is 9.59 Å². The first-order valence-corrected chi connectivity index (χ1v) is 7.59. The summed E-state index contributed by atoms with van der Waals surface area (Å²) >= 11 is 0. The standard InChI is InChI=1S/C9H9NO5.C7H4N2O6/c1-14-8-4-6(9(11)15-2)3-7(5-8)10(12)13;10-7(11)4-1-5(8(12)13)3-6(2-4)9(14)15/h3-5H,1-2H3;1-3H,(H,10,11). The number of carboxylic acid groups (broad SMARTS) is 1. The van der Waals surface area contributed by atoms with Gasteiger partial charge in [-0.1, -0.05) is 0 Å². The van der Waals surface area contributed by atoms with Crippen molar-refractivity contribution < 1.29 is 38.9 Å². The number of rotatable bonds is 6. The summed E-state index contributed by atoms with van der Waals surface area (Å²) in [4.78, 5) is 50.5. The fraction of sp³-hybridized carbons (Fsp3) is 0.125. The lowest BCUT2D eigenvalue weighted by Gasteiger charge is -2.03. The molecule has 0 aliphatic carbocycles. The van der Waals surface area contributed by atoms with Crippen molar-refractivity contribution in [3.05, 3.63) is 77.9 Å². The Bertz CT molecular complexity index is 940. The Labute approximate surface area is 166 Å². The molecule has 1 N–H and O–H groups in total. The van der Waals surface area contributed by atoms with Gasteiger partial charge in [0.15, 0.2) is 0 Å². The van der Waals surface area contributed by atoms with Gasteiger partial charge in [0.25, 0.3) is 17.1 Å². The van der Waals surface area contributed by atoms with Crippen LogP contribution in [0.2, 0.25) is 0 Å². The second-order valence-corrected chi connectivity index (χ2v) is 5.23. The van der Waals surface area contributed by atoms with Crippen LogP contribution in [0.1, 0.15) is 20.7 Å². The number of benzene rings is 2. The highest BCUT2D eigenvalue weighted by Gasteiger charge is 2.19. The lowest BCUT2D eigenvalue weighted by molar-refractivity contribution is -0.394. The molecular formula is C16H13N3O11. The fourth-order valence-electron chi connectivity index (χ4n) is 1.97. The van der Waals surface area contributed by atoms with E-state index in [2.05, 4.69) is 4.74 Å². The van der Waals surface area contributed by atoms with E-state index in [9.17, 15) is 39.9 Å². The van der Waals surface area contributed by atoms with Crippen LogP contribution in [-0.4, -0.2) is 46.0 Å². The van der Waals surface area contributed by atoms with Gasteiger partial charge in [0.2, 0.25) is 0 Å². The minimum absolute atomic E-state index is 0.0866.